The number of nitrogens with zero attached hydrogens (tertiary/aromatic N) is 3. The molecule has 1 N–H and O–H groups in total. The molecule has 0 spiro atoms. The van der Waals surface area contributed by atoms with Crippen molar-refractivity contribution in [3.8, 4) is 0 Å². The summed E-state index contributed by atoms with van der Waals surface area (Å²) in [7, 11) is 6.15. The van der Waals surface area contributed by atoms with Gasteiger partial charge in [0.05, 0.1) is 11.9 Å². The molecule has 1 heterocycles. The molecule has 4 heteroatoms. The lowest BCUT2D eigenvalue weighted by molar-refractivity contribution is 0.281. The van der Waals surface area contributed by atoms with Crippen molar-refractivity contribution in [2.24, 2.45) is 18.9 Å². The minimum absolute atomic E-state index is 0.873. The maximum Gasteiger partial charge on any atom is 0.204 e. The average Bonchev–Trinajstić information content (AvgIpc) is 2.74. The Morgan fingerprint density at radius 3 is 2.58 bits per heavy atom. The van der Waals surface area contributed by atoms with Crippen LogP contribution in [0, 0.1) is 11.8 Å². The SMILES string of the molecule is CC1CCC(CNCc2cnc(N(C)C)n2C)CC1. The van der Waals surface area contributed by atoms with Gasteiger partial charge < -0.3 is 14.8 Å². The molecule has 1 aromatic rings. The van der Waals surface area contributed by atoms with Crippen LogP contribution in [0.4, 0.5) is 5.95 Å². The Morgan fingerprint density at radius 1 is 1.32 bits per heavy atom. The van der Waals surface area contributed by atoms with E-state index in [1.807, 2.05) is 25.2 Å². The Kier molecular flexibility index (Phi) is 4.86. The van der Waals surface area contributed by atoms with Crippen LogP contribution in [0.3, 0.4) is 0 Å². The maximum atomic E-state index is 4.44. The molecule has 1 saturated carbocycles. The van der Waals surface area contributed by atoms with E-state index < -0.39 is 0 Å². The number of aromatic nitrogens is 2. The molecule has 1 aliphatic carbocycles. The summed E-state index contributed by atoms with van der Waals surface area (Å²) in [4.78, 5) is 6.49. The van der Waals surface area contributed by atoms with Crippen molar-refractivity contribution in [1.29, 1.82) is 0 Å². The van der Waals surface area contributed by atoms with Crippen molar-refractivity contribution in [2.75, 3.05) is 25.5 Å². The van der Waals surface area contributed by atoms with Gasteiger partial charge in [-0.25, -0.2) is 4.98 Å². The molecule has 108 valence electrons. The fraction of sp³-hybridized carbons (Fsp3) is 0.800. The highest BCUT2D eigenvalue weighted by Gasteiger charge is 2.17. The van der Waals surface area contributed by atoms with Crippen LogP contribution in [0.15, 0.2) is 6.20 Å². The van der Waals surface area contributed by atoms with Crippen molar-refractivity contribution in [1.82, 2.24) is 14.9 Å². The van der Waals surface area contributed by atoms with E-state index in [0.29, 0.717) is 0 Å². The zero-order chi connectivity index (χ0) is 13.8. The van der Waals surface area contributed by atoms with Crippen molar-refractivity contribution in [3.63, 3.8) is 0 Å². The Balaban J connectivity index is 1.77. The third-order valence-corrected chi connectivity index (χ3v) is 4.33. The summed E-state index contributed by atoms with van der Waals surface area (Å²) >= 11 is 0. The first-order chi connectivity index (χ1) is 9.08. The van der Waals surface area contributed by atoms with Crippen LogP contribution in [-0.2, 0) is 13.6 Å². The van der Waals surface area contributed by atoms with Crippen LogP contribution in [0.5, 0.6) is 0 Å². The molecule has 19 heavy (non-hydrogen) atoms. The second kappa shape index (κ2) is 6.42. The molecular formula is C15H28N4. The number of hydrogen-bond acceptors (Lipinski definition) is 3. The van der Waals surface area contributed by atoms with Gasteiger partial charge in [-0.05, 0) is 31.2 Å². The molecule has 0 aliphatic heterocycles. The Hall–Kier alpha value is -1.03. The molecule has 4 nitrogen and oxygen atoms in total. The number of hydrogen-bond donors (Lipinski definition) is 1. The summed E-state index contributed by atoms with van der Waals surface area (Å²) in [5.74, 6) is 2.83. The molecule has 1 aromatic heterocycles. The van der Waals surface area contributed by atoms with Gasteiger partial charge in [0.15, 0.2) is 0 Å². The summed E-state index contributed by atoms with van der Waals surface area (Å²) in [6, 6.07) is 0. The highest BCUT2D eigenvalue weighted by atomic mass is 15.3. The third-order valence-electron chi connectivity index (χ3n) is 4.33. The maximum absolute atomic E-state index is 4.44. The first-order valence-corrected chi connectivity index (χ1v) is 7.46. The molecule has 0 atom stereocenters. The number of imidazole rings is 1. The summed E-state index contributed by atoms with van der Waals surface area (Å²) in [5, 5.41) is 3.60. The summed E-state index contributed by atoms with van der Waals surface area (Å²) in [6.07, 6.45) is 7.57. The van der Waals surface area contributed by atoms with E-state index in [-0.39, 0.29) is 0 Å². The van der Waals surface area contributed by atoms with Crippen molar-refractivity contribution >= 4 is 5.95 Å². The molecule has 1 aliphatic rings. The van der Waals surface area contributed by atoms with E-state index in [4.69, 9.17) is 0 Å². The lowest BCUT2D eigenvalue weighted by Crippen LogP contribution is -2.26. The second-order valence-electron chi connectivity index (χ2n) is 6.26. The van der Waals surface area contributed by atoms with E-state index in [1.54, 1.807) is 0 Å². The van der Waals surface area contributed by atoms with Crippen LogP contribution < -0.4 is 10.2 Å². The summed E-state index contributed by atoms with van der Waals surface area (Å²) in [6.45, 7) is 4.45. The topological polar surface area (TPSA) is 33.1 Å². The fourth-order valence-corrected chi connectivity index (χ4v) is 2.95. The zero-order valence-electron chi connectivity index (χ0n) is 12.8. The molecule has 0 aromatic carbocycles. The Bertz CT molecular complexity index is 389. The zero-order valence-corrected chi connectivity index (χ0v) is 12.8. The molecule has 0 saturated heterocycles. The quantitative estimate of drug-likeness (QED) is 0.886. The number of nitrogens with one attached hydrogen (secondary N) is 1. The minimum atomic E-state index is 0.873. The molecule has 0 radical (unpaired) electrons. The smallest absolute Gasteiger partial charge is 0.204 e. The molecule has 0 unspecified atom stereocenters. The van der Waals surface area contributed by atoms with Gasteiger partial charge in [0.25, 0.3) is 0 Å². The van der Waals surface area contributed by atoms with Gasteiger partial charge in [0.2, 0.25) is 5.95 Å². The predicted molar refractivity (Wildman–Crippen MR) is 80.4 cm³/mol. The molecular weight excluding hydrogens is 236 g/mol. The van der Waals surface area contributed by atoms with Gasteiger partial charge in [-0.2, -0.15) is 0 Å². The van der Waals surface area contributed by atoms with Crippen molar-refractivity contribution in [2.45, 2.75) is 39.2 Å². The van der Waals surface area contributed by atoms with E-state index in [1.165, 1.54) is 31.4 Å². The van der Waals surface area contributed by atoms with Crippen LogP contribution in [-0.4, -0.2) is 30.2 Å². The van der Waals surface area contributed by atoms with Gasteiger partial charge in [0, 0.05) is 27.7 Å². The largest absolute Gasteiger partial charge is 0.348 e. The van der Waals surface area contributed by atoms with Crippen molar-refractivity contribution < 1.29 is 0 Å². The van der Waals surface area contributed by atoms with Gasteiger partial charge >= 0.3 is 0 Å². The van der Waals surface area contributed by atoms with Crippen LogP contribution in [0.1, 0.15) is 38.3 Å². The van der Waals surface area contributed by atoms with Crippen LogP contribution in [0.2, 0.25) is 0 Å². The van der Waals surface area contributed by atoms with E-state index >= 15 is 0 Å². The highest BCUT2D eigenvalue weighted by molar-refractivity contribution is 5.30. The van der Waals surface area contributed by atoms with Gasteiger partial charge in [-0.1, -0.05) is 19.8 Å². The average molecular weight is 264 g/mol. The van der Waals surface area contributed by atoms with E-state index in [9.17, 15) is 0 Å². The predicted octanol–water partition coefficient (Wildman–Crippen LogP) is 2.40. The molecule has 0 amide bonds. The summed E-state index contributed by atoms with van der Waals surface area (Å²) in [5.41, 5.74) is 1.26. The van der Waals surface area contributed by atoms with Crippen molar-refractivity contribution in [3.05, 3.63) is 11.9 Å². The van der Waals surface area contributed by atoms with Crippen LogP contribution >= 0.6 is 0 Å². The summed E-state index contributed by atoms with van der Waals surface area (Å²) < 4.78 is 2.16. The lowest BCUT2D eigenvalue weighted by atomic mass is 9.83. The molecule has 0 bridgehead atoms. The Labute approximate surface area is 117 Å². The van der Waals surface area contributed by atoms with Gasteiger partial charge in [-0.15, -0.1) is 0 Å². The first-order valence-electron chi connectivity index (χ1n) is 7.46. The van der Waals surface area contributed by atoms with Gasteiger partial charge in [-0.3, -0.25) is 0 Å². The number of anilines is 1. The number of rotatable bonds is 5. The first kappa shape index (κ1) is 14.4. The molecule has 2 rings (SSSR count). The lowest BCUT2D eigenvalue weighted by Gasteiger charge is -2.26. The second-order valence-corrected chi connectivity index (χ2v) is 6.26. The Morgan fingerprint density at radius 2 is 2.00 bits per heavy atom. The molecule has 1 fully saturated rings. The standard InChI is InChI=1S/C15H28N4/c1-12-5-7-13(8-6-12)9-16-10-14-11-17-15(18(2)3)19(14)4/h11-13,16H,5-10H2,1-4H3. The third kappa shape index (κ3) is 3.72. The highest BCUT2D eigenvalue weighted by Crippen LogP contribution is 2.27. The van der Waals surface area contributed by atoms with E-state index in [2.05, 4.69) is 28.8 Å². The van der Waals surface area contributed by atoms with Gasteiger partial charge in [0.1, 0.15) is 0 Å². The normalized spacial score (nSPS) is 23.6. The van der Waals surface area contributed by atoms with E-state index in [0.717, 1.165) is 30.9 Å². The van der Waals surface area contributed by atoms with Crippen LogP contribution in [0.25, 0.3) is 0 Å². The fourth-order valence-electron chi connectivity index (χ4n) is 2.95. The monoisotopic (exact) mass is 264 g/mol. The minimum Gasteiger partial charge on any atom is -0.348 e.